The summed E-state index contributed by atoms with van der Waals surface area (Å²) in [5.74, 6) is 5.66. The summed E-state index contributed by atoms with van der Waals surface area (Å²) < 4.78 is 0. The molecule has 1 unspecified atom stereocenters. The zero-order valence-corrected chi connectivity index (χ0v) is 12.8. The number of nitrogens with two attached hydrogens (primary N) is 1. The van der Waals surface area contributed by atoms with E-state index in [9.17, 15) is 4.79 Å². The second-order valence-electron chi connectivity index (χ2n) is 4.60. The van der Waals surface area contributed by atoms with Gasteiger partial charge in [0.1, 0.15) is 5.01 Å². The molecule has 0 radical (unpaired) electrons. The molecule has 2 rings (SSSR count). The number of carbonyl (C=O) groups is 1. The summed E-state index contributed by atoms with van der Waals surface area (Å²) in [6.45, 7) is 4.18. The second kappa shape index (κ2) is 7.02. The van der Waals surface area contributed by atoms with Gasteiger partial charge in [0.2, 0.25) is 0 Å². The van der Waals surface area contributed by atoms with Crippen LogP contribution in [-0.2, 0) is 0 Å². The van der Waals surface area contributed by atoms with Gasteiger partial charge < -0.3 is 11.1 Å². The highest BCUT2D eigenvalue weighted by molar-refractivity contribution is 7.09. The van der Waals surface area contributed by atoms with Crippen LogP contribution in [0.4, 0.5) is 0 Å². The molecule has 2 aromatic rings. The van der Waals surface area contributed by atoms with E-state index in [0.717, 1.165) is 16.1 Å². The van der Waals surface area contributed by atoms with Crippen molar-refractivity contribution < 1.29 is 4.79 Å². The van der Waals surface area contributed by atoms with Gasteiger partial charge in [-0.1, -0.05) is 17.9 Å². The van der Waals surface area contributed by atoms with Gasteiger partial charge in [-0.3, -0.25) is 4.79 Å². The predicted octanol–water partition coefficient (Wildman–Crippen LogP) is 2.25. The van der Waals surface area contributed by atoms with Crippen molar-refractivity contribution in [1.82, 2.24) is 10.3 Å². The number of rotatable bonds is 3. The highest BCUT2D eigenvalue weighted by atomic mass is 32.1. The maximum Gasteiger partial charge on any atom is 0.251 e. The van der Waals surface area contributed by atoms with Crippen molar-refractivity contribution in [3.63, 3.8) is 0 Å². The SMILES string of the molecule is Cc1ccc(C(=O)NC(C)c2nccs2)cc1C#CCN. The monoisotopic (exact) mass is 299 g/mol. The molecular formula is C16H17N3OS. The van der Waals surface area contributed by atoms with Crippen molar-refractivity contribution in [3.05, 3.63) is 51.5 Å². The lowest BCUT2D eigenvalue weighted by atomic mass is 10.0. The van der Waals surface area contributed by atoms with E-state index in [4.69, 9.17) is 5.73 Å². The number of amides is 1. The summed E-state index contributed by atoms with van der Waals surface area (Å²) in [4.78, 5) is 16.5. The molecule has 21 heavy (non-hydrogen) atoms. The second-order valence-corrected chi connectivity index (χ2v) is 5.53. The molecule has 3 N–H and O–H groups in total. The van der Waals surface area contributed by atoms with Crippen LogP contribution in [0.2, 0.25) is 0 Å². The molecule has 5 heteroatoms. The van der Waals surface area contributed by atoms with Crippen molar-refractivity contribution in [2.75, 3.05) is 6.54 Å². The van der Waals surface area contributed by atoms with Crippen LogP contribution in [0.25, 0.3) is 0 Å². The molecule has 0 aliphatic carbocycles. The van der Waals surface area contributed by atoms with Crippen LogP contribution in [0.3, 0.4) is 0 Å². The van der Waals surface area contributed by atoms with Gasteiger partial charge in [0, 0.05) is 22.7 Å². The average molecular weight is 299 g/mol. The average Bonchev–Trinajstić information content (AvgIpc) is 3.00. The third-order valence-corrected chi connectivity index (χ3v) is 3.95. The minimum absolute atomic E-state index is 0.114. The first-order valence-electron chi connectivity index (χ1n) is 6.61. The van der Waals surface area contributed by atoms with Crippen molar-refractivity contribution in [2.24, 2.45) is 5.73 Å². The van der Waals surface area contributed by atoms with E-state index in [1.54, 1.807) is 18.3 Å². The highest BCUT2D eigenvalue weighted by Crippen LogP contribution is 2.16. The van der Waals surface area contributed by atoms with Crippen molar-refractivity contribution in [1.29, 1.82) is 0 Å². The zero-order valence-electron chi connectivity index (χ0n) is 12.0. The molecule has 0 aliphatic rings. The largest absolute Gasteiger partial charge is 0.343 e. The van der Waals surface area contributed by atoms with Crippen LogP contribution in [0.15, 0.2) is 29.8 Å². The smallest absolute Gasteiger partial charge is 0.251 e. The molecule has 0 aliphatic heterocycles. The van der Waals surface area contributed by atoms with Crippen LogP contribution in [0, 0.1) is 18.8 Å². The van der Waals surface area contributed by atoms with Crippen molar-refractivity contribution >= 4 is 17.2 Å². The Labute approximate surface area is 128 Å². The molecule has 0 saturated carbocycles. The maximum absolute atomic E-state index is 12.3. The fourth-order valence-corrected chi connectivity index (χ4v) is 2.48. The molecule has 0 saturated heterocycles. The molecule has 4 nitrogen and oxygen atoms in total. The summed E-state index contributed by atoms with van der Waals surface area (Å²) in [7, 11) is 0. The van der Waals surface area contributed by atoms with Gasteiger partial charge >= 0.3 is 0 Å². The number of aryl methyl sites for hydroxylation is 1. The Morgan fingerprint density at radius 1 is 1.52 bits per heavy atom. The highest BCUT2D eigenvalue weighted by Gasteiger charge is 2.13. The zero-order chi connectivity index (χ0) is 15.2. The van der Waals surface area contributed by atoms with E-state index in [1.807, 2.05) is 25.3 Å². The molecule has 1 aromatic heterocycles. The Morgan fingerprint density at radius 3 is 3.00 bits per heavy atom. The topological polar surface area (TPSA) is 68.0 Å². The van der Waals surface area contributed by atoms with Gasteiger partial charge in [-0.25, -0.2) is 4.98 Å². The van der Waals surface area contributed by atoms with Gasteiger partial charge in [0.05, 0.1) is 12.6 Å². The lowest BCUT2D eigenvalue weighted by molar-refractivity contribution is 0.0940. The number of hydrogen-bond donors (Lipinski definition) is 2. The molecule has 0 bridgehead atoms. The van der Waals surface area contributed by atoms with Crippen LogP contribution < -0.4 is 11.1 Å². The van der Waals surface area contributed by atoms with Gasteiger partial charge in [-0.2, -0.15) is 0 Å². The molecule has 1 amide bonds. The van der Waals surface area contributed by atoms with Gasteiger partial charge in [-0.15, -0.1) is 11.3 Å². The minimum Gasteiger partial charge on any atom is -0.343 e. The molecular weight excluding hydrogens is 282 g/mol. The summed E-state index contributed by atoms with van der Waals surface area (Å²) >= 11 is 1.52. The van der Waals surface area contributed by atoms with E-state index in [2.05, 4.69) is 22.1 Å². The molecule has 0 spiro atoms. The Kier molecular flexibility index (Phi) is 5.09. The minimum atomic E-state index is -0.131. The molecule has 1 heterocycles. The van der Waals surface area contributed by atoms with Crippen molar-refractivity contribution in [2.45, 2.75) is 19.9 Å². The molecule has 1 atom stereocenters. The Bertz CT molecular complexity index is 683. The Balaban J connectivity index is 2.16. The van der Waals surface area contributed by atoms with Crippen LogP contribution >= 0.6 is 11.3 Å². The first kappa shape index (κ1) is 15.2. The fourth-order valence-electron chi connectivity index (χ4n) is 1.83. The maximum atomic E-state index is 12.3. The number of thiazole rings is 1. The van der Waals surface area contributed by atoms with E-state index in [0.29, 0.717) is 12.1 Å². The third kappa shape index (κ3) is 3.91. The molecule has 108 valence electrons. The lowest BCUT2D eigenvalue weighted by Crippen LogP contribution is -2.26. The van der Waals surface area contributed by atoms with Crippen LogP contribution in [0.5, 0.6) is 0 Å². The van der Waals surface area contributed by atoms with Crippen LogP contribution in [0.1, 0.15) is 39.5 Å². The number of nitrogens with zero attached hydrogens (tertiary/aromatic N) is 1. The molecule has 1 aromatic carbocycles. The van der Waals surface area contributed by atoms with Gasteiger partial charge in [-0.05, 0) is 31.5 Å². The first-order valence-corrected chi connectivity index (χ1v) is 7.49. The number of nitrogens with one attached hydrogen (secondary N) is 1. The number of benzene rings is 1. The fraction of sp³-hybridized carbons (Fsp3) is 0.250. The van der Waals surface area contributed by atoms with Gasteiger partial charge in [0.15, 0.2) is 0 Å². The Morgan fingerprint density at radius 2 is 2.33 bits per heavy atom. The lowest BCUT2D eigenvalue weighted by Gasteiger charge is -2.12. The standard InChI is InChI=1S/C16H17N3OS/c1-11-5-6-14(10-13(11)4-3-7-17)15(20)19-12(2)16-18-8-9-21-16/h5-6,8-10,12H,7,17H2,1-2H3,(H,19,20). The van der Waals surface area contributed by atoms with Crippen molar-refractivity contribution in [3.8, 4) is 11.8 Å². The molecule has 0 fully saturated rings. The Hall–Kier alpha value is -2.16. The first-order chi connectivity index (χ1) is 10.1. The van der Waals surface area contributed by atoms with E-state index in [-0.39, 0.29) is 11.9 Å². The summed E-state index contributed by atoms with van der Waals surface area (Å²) in [6, 6.07) is 5.37. The van der Waals surface area contributed by atoms with E-state index < -0.39 is 0 Å². The normalized spacial score (nSPS) is 11.4. The number of hydrogen-bond acceptors (Lipinski definition) is 4. The number of carbonyl (C=O) groups excluding carboxylic acids is 1. The summed E-state index contributed by atoms with van der Waals surface area (Å²) in [6.07, 6.45) is 1.73. The third-order valence-electron chi connectivity index (χ3n) is 2.99. The number of aromatic nitrogens is 1. The van der Waals surface area contributed by atoms with E-state index in [1.165, 1.54) is 11.3 Å². The van der Waals surface area contributed by atoms with Crippen LogP contribution in [-0.4, -0.2) is 17.4 Å². The van der Waals surface area contributed by atoms with E-state index >= 15 is 0 Å². The van der Waals surface area contributed by atoms with Gasteiger partial charge in [0.25, 0.3) is 5.91 Å². The summed E-state index contributed by atoms with van der Waals surface area (Å²) in [5.41, 5.74) is 7.83. The quantitative estimate of drug-likeness (QED) is 0.854. The predicted molar refractivity (Wildman–Crippen MR) is 85.1 cm³/mol. The summed E-state index contributed by atoms with van der Waals surface area (Å²) in [5, 5.41) is 5.72.